The zero-order valence-electron chi connectivity index (χ0n) is 16.7. The van der Waals surface area contributed by atoms with Gasteiger partial charge >= 0.3 is 6.18 Å². The molecule has 10 heteroatoms. The SMILES string of the molecule is Cc1c([C@@H](N)Nc2nncc3ccc(N4CCNC(=O)C4)cc23)cccc1C(F)(F)F. The van der Waals surface area contributed by atoms with Gasteiger partial charge in [0.05, 0.1) is 18.3 Å². The number of nitrogens with zero attached hydrogens (tertiary/aromatic N) is 3. The molecule has 1 amide bonds. The van der Waals surface area contributed by atoms with Gasteiger partial charge in [0.15, 0.2) is 5.82 Å². The van der Waals surface area contributed by atoms with Crippen molar-refractivity contribution in [2.75, 3.05) is 29.9 Å². The molecule has 31 heavy (non-hydrogen) atoms. The molecular formula is C21H21F3N6O. The van der Waals surface area contributed by atoms with Crippen LogP contribution < -0.4 is 21.3 Å². The van der Waals surface area contributed by atoms with E-state index in [9.17, 15) is 18.0 Å². The molecule has 1 saturated heterocycles. The summed E-state index contributed by atoms with van der Waals surface area (Å²) < 4.78 is 39.8. The molecule has 1 aromatic heterocycles. The van der Waals surface area contributed by atoms with Crippen molar-refractivity contribution in [3.8, 4) is 0 Å². The lowest BCUT2D eigenvalue weighted by Gasteiger charge is -2.29. The zero-order chi connectivity index (χ0) is 22.2. The number of piperazine rings is 1. The van der Waals surface area contributed by atoms with Crippen LogP contribution in [0.15, 0.2) is 42.6 Å². The first-order valence-electron chi connectivity index (χ1n) is 9.70. The van der Waals surface area contributed by atoms with Gasteiger partial charge in [-0.15, -0.1) is 5.10 Å². The number of amides is 1. The Bertz CT molecular complexity index is 1130. The first kappa shape index (κ1) is 20.9. The number of carbonyl (C=O) groups excluding carboxylic acids is 1. The minimum atomic E-state index is -4.46. The van der Waals surface area contributed by atoms with Crippen molar-refractivity contribution in [1.29, 1.82) is 0 Å². The predicted molar refractivity (Wildman–Crippen MR) is 111 cm³/mol. The highest BCUT2D eigenvalue weighted by atomic mass is 19.4. The quantitative estimate of drug-likeness (QED) is 0.551. The van der Waals surface area contributed by atoms with E-state index in [4.69, 9.17) is 5.73 Å². The first-order valence-corrected chi connectivity index (χ1v) is 9.70. The molecule has 1 atom stereocenters. The van der Waals surface area contributed by atoms with Gasteiger partial charge in [-0.05, 0) is 36.2 Å². The summed E-state index contributed by atoms with van der Waals surface area (Å²) in [5.74, 6) is 0.296. The summed E-state index contributed by atoms with van der Waals surface area (Å²) in [5, 5.41) is 15.4. The normalized spacial score (nSPS) is 15.6. The maximum absolute atomic E-state index is 13.3. The molecule has 0 bridgehead atoms. The van der Waals surface area contributed by atoms with E-state index in [0.717, 1.165) is 17.1 Å². The van der Waals surface area contributed by atoms with Gasteiger partial charge in [0, 0.05) is 29.5 Å². The van der Waals surface area contributed by atoms with Gasteiger partial charge in [-0.2, -0.15) is 18.3 Å². The van der Waals surface area contributed by atoms with Crippen molar-refractivity contribution < 1.29 is 18.0 Å². The molecule has 1 fully saturated rings. The van der Waals surface area contributed by atoms with Crippen molar-refractivity contribution in [3.05, 3.63) is 59.3 Å². The topological polar surface area (TPSA) is 96.2 Å². The summed E-state index contributed by atoms with van der Waals surface area (Å²) in [5.41, 5.74) is 6.71. The summed E-state index contributed by atoms with van der Waals surface area (Å²) >= 11 is 0. The number of aromatic nitrogens is 2. The highest BCUT2D eigenvalue weighted by Gasteiger charge is 2.33. The predicted octanol–water partition coefficient (Wildman–Crippen LogP) is 2.96. The van der Waals surface area contributed by atoms with Crippen molar-refractivity contribution in [2.24, 2.45) is 5.73 Å². The lowest BCUT2D eigenvalue weighted by molar-refractivity contribution is -0.138. The number of anilines is 2. The van der Waals surface area contributed by atoms with E-state index in [1.165, 1.54) is 13.0 Å². The van der Waals surface area contributed by atoms with E-state index < -0.39 is 17.9 Å². The van der Waals surface area contributed by atoms with E-state index in [1.54, 1.807) is 12.3 Å². The lowest BCUT2D eigenvalue weighted by Crippen LogP contribution is -2.47. The largest absolute Gasteiger partial charge is 0.416 e. The standard InChI is InChI=1S/C21H21F3N6O/c1-12-15(3-2-4-17(12)21(22,23)24)19(25)28-20-16-9-14(6-5-13(16)10-27-29-20)30-8-7-26-18(31)11-30/h2-6,9-10,19H,7-8,11,25H2,1H3,(H,26,31)(H,28,29)/t19-/m0/s1. The van der Waals surface area contributed by atoms with Crippen LogP contribution in [0.5, 0.6) is 0 Å². The lowest BCUT2D eigenvalue weighted by atomic mass is 10.00. The van der Waals surface area contributed by atoms with Crippen LogP contribution in [0, 0.1) is 6.92 Å². The minimum Gasteiger partial charge on any atom is -0.360 e. The Labute approximate surface area is 176 Å². The Morgan fingerprint density at radius 1 is 1.26 bits per heavy atom. The number of hydrogen-bond acceptors (Lipinski definition) is 6. The molecule has 4 rings (SSSR count). The molecule has 0 spiro atoms. The summed E-state index contributed by atoms with van der Waals surface area (Å²) in [6.45, 7) is 2.86. The molecular weight excluding hydrogens is 409 g/mol. The molecule has 0 saturated carbocycles. The monoisotopic (exact) mass is 430 g/mol. The van der Waals surface area contributed by atoms with Crippen LogP contribution in [0.2, 0.25) is 0 Å². The van der Waals surface area contributed by atoms with Crippen LogP contribution in [-0.4, -0.2) is 35.7 Å². The second kappa shape index (κ2) is 8.03. The van der Waals surface area contributed by atoms with Gasteiger partial charge in [-0.1, -0.05) is 18.2 Å². The first-order chi connectivity index (χ1) is 14.7. The van der Waals surface area contributed by atoms with Crippen molar-refractivity contribution >= 4 is 28.2 Å². The van der Waals surface area contributed by atoms with Crippen LogP contribution in [0.1, 0.15) is 22.9 Å². The number of alkyl halides is 3. The Morgan fingerprint density at radius 2 is 2.06 bits per heavy atom. The number of halogens is 3. The Kier molecular flexibility index (Phi) is 5.40. The third kappa shape index (κ3) is 4.24. The summed E-state index contributed by atoms with van der Waals surface area (Å²) in [7, 11) is 0. The minimum absolute atomic E-state index is 0.0559. The molecule has 0 radical (unpaired) electrons. The van der Waals surface area contributed by atoms with Gasteiger partial charge in [-0.3, -0.25) is 4.79 Å². The van der Waals surface area contributed by atoms with Gasteiger partial charge in [-0.25, -0.2) is 0 Å². The Morgan fingerprint density at radius 3 is 2.81 bits per heavy atom. The fourth-order valence-electron chi connectivity index (χ4n) is 3.75. The molecule has 162 valence electrons. The second-order valence-electron chi connectivity index (χ2n) is 7.38. The second-order valence-corrected chi connectivity index (χ2v) is 7.38. The number of benzene rings is 2. The third-order valence-corrected chi connectivity index (χ3v) is 5.36. The number of rotatable bonds is 4. The number of fused-ring (bicyclic) bond motifs is 1. The highest BCUT2D eigenvalue weighted by Crippen LogP contribution is 2.35. The molecule has 1 aliphatic heterocycles. The average molecular weight is 430 g/mol. The van der Waals surface area contributed by atoms with Crippen molar-refractivity contribution in [2.45, 2.75) is 19.3 Å². The van der Waals surface area contributed by atoms with E-state index >= 15 is 0 Å². The van der Waals surface area contributed by atoms with Crippen LogP contribution in [0.25, 0.3) is 10.8 Å². The molecule has 2 aromatic carbocycles. The number of nitrogens with two attached hydrogens (primary N) is 1. The number of hydrogen-bond donors (Lipinski definition) is 3. The van der Waals surface area contributed by atoms with Gasteiger partial charge in [0.2, 0.25) is 5.91 Å². The van der Waals surface area contributed by atoms with Crippen LogP contribution in [-0.2, 0) is 11.0 Å². The highest BCUT2D eigenvalue weighted by molar-refractivity contribution is 5.94. The average Bonchev–Trinajstić information content (AvgIpc) is 2.73. The van der Waals surface area contributed by atoms with Crippen molar-refractivity contribution in [3.63, 3.8) is 0 Å². The maximum Gasteiger partial charge on any atom is 0.416 e. The summed E-state index contributed by atoms with van der Waals surface area (Å²) in [6, 6.07) is 9.54. The van der Waals surface area contributed by atoms with Gasteiger partial charge in [0.25, 0.3) is 0 Å². The molecule has 3 aromatic rings. The molecule has 4 N–H and O–H groups in total. The van der Waals surface area contributed by atoms with Gasteiger partial charge in [0.1, 0.15) is 6.17 Å². The van der Waals surface area contributed by atoms with E-state index in [2.05, 4.69) is 20.8 Å². The molecule has 1 aliphatic rings. The molecule has 0 unspecified atom stereocenters. The van der Waals surface area contributed by atoms with Gasteiger partial charge < -0.3 is 21.3 Å². The number of carbonyl (C=O) groups is 1. The van der Waals surface area contributed by atoms with Crippen LogP contribution in [0.3, 0.4) is 0 Å². The van der Waals surface area contributed by atoms with Crippen LogP contribution in [0.4, 0.5) is 24.7 Å². The fraction of sp³-hybridized carbons (Fsp3) is 0.286. The smallest absolute Gasteiger partial charge is 0.360 e. The van der Waals surface area contributed by atoms with E-state index in [1.807, 2.05) is 23.1 Å². The number of nitrogens with one attached hydrogen (secondary N) is 2. The Balaban J connectivity index is 1.67. The fourth-order valence-corrected chi connectivity index (χ4v) is 3.75. The summed E-state index contributed by atoms with van der Waals surface area (Å²) in [4.78, 5) is 13.7. The molecule has 2 heterocycles. The zero-order valence-corrected chi connectivity index (χ0v) is 16.7. The van der Waals surface area contributed by atoms with E-state index in [-0.39, 0.29) is 18.0 Å². The third-order valence-electron chi connectivity index (χ3n) is 5.36. The van der Waals surface area contributed by atoms with E-state index in [0.29, 0.717) is 29.9 Å². The maximum atomic E-state index is 13.3. The summed E-state index contributed by atoms with van der Waals surface area (Å²) in [6.07, 6.45) is -3.80. The molecule has 7 nitrogen and oxygen atoms in total. The van der Waals surface area contributed by atoms with Crippen molar-refractivity contribution in [1.82, 2.24) is 15.5 Å². The van der Waals surface area contributed by atoms with Crippen LogP contribution >= 0.6 is 0 Å². The Hall–Kier alpha value is -3.40. The molecule has 0 aliphatic carbocycles.